The highest BCUT2D eigenvalue weighted by atomic mass is 35.5. The molecule has 1 heterocycles. The maximum atomic E-state index is 12.0. The molecule has 0 bridgehead atoms. The Hall–Kier alpha value is -2.21. The average molecular weight is 446 g/mol. The van der Waals surface area contributed by atoms with E-state index in [9.17, 15) is 4.79 Å². The van der Waals surface area contributed by atoms with Crippen molar-refractivity contribution in [3.8, 4) is 5.69 Å². The number of aryl methyl sites for hydroxylation is 1. The summed E-state index contributed by atoms with van der Waals surface area (Å²) in [7, 11) is 0. The zero-order chi connectivity index (χ0) is 20.8. The molecular weight excluding hydrogens is 425 g/mol. The van der Waals surface area contributed by atoms with E-state index in [-0.39, 0.29) is 5.91 Å². The number of nitrogens with zero attached hydrogens (tertiary/aromatic N) is 2. The molecule has 0 saturated heterocycles. The molecule has 150 valence electrons. The zero-order valence-corrected chi connectivity index (χ0v) is 18.5. The maximum Gasteiger partial charge on any atom is 0.250 e. The monoisotopic (exact) mass is 445 g/mol. The van der Waals surface area contributed by atoms with Crippen LogP contribution in [0.15, 0.2) is 59.7 Å². The van der Waals surface area contributed by atoms with Gasteiger partial charge < -0.3 is 4.57 Å². The number of hydrogen-bond donors (Lipinski definition) is 1. The molecule has 3 aromatic rings. The first kappa shape index (κ1) is 21.5. The molecular formula is C22H21Cl2N3OS. The van der Waals surface area contributed by atoms with E-state index in [1.807, 2.05) is 66.9 Å². The van der Waals surface area contributed by atoms with Crippen LogP contribution in [0.2, 0.25) is 10.0 Å². The Morgan fingerprint density at radius 1 is 1.14 bits per heavy atom. The molecule has 0 aliphatic heterocycles. The van der Waals surface area contributed by atoms with Crippen LogP contribution >= 0.6 is 35.0 Å². The number of carbonyl (C=O) groups excluding carboxylic acids is 1. The van der Waals surface area contributed by atoms with Gasteiger partial charge in [-0.15, -0.1) is 11.8 Å². The molecule has 0 radical (unpaired) electrons. The van der Waals surface area contributed by atoms with Crippen molar-refractivity contribution in [2.45, 2.75) is 19.6 Å². The van der Waals surface area contributed by atoms with Crippen LogP contribution in [0.3, 0.4) is 0 Å². The highest BCUT2D eigenvalue weighted by molar-refractivity contribution is 7.99. The number of rotatable bonds is 7. The van der Waals surface area contributed by atoms with Crippen LogP contribution in [0, 0.1) is 13.8 Å². The van der Waals surface area contributed by atoms with E-state index >= 15 is 0 Å². The first-order valence-corrected chi connectivity index (χ1v) is 11.0. The second kappa shape index (κ2) is 10.0. The van der Waals surface area contributed by atoms with E-state index in [1.54, 1.807) is 24.0 Å². The molecule has 4 nitrogen and oxygen atoms in total. The molecule has 0 spiro atoms. The summed E-state index contributed by atoms with van der Waals surface area (Å²) in [6.07, 6.45) is 1.65. The number of hydrogen-bond acceptors (Lipinski definition) is 3. The lowest BCUT2D eigenvalue weighted by atomic mass is 10.2. The van der Waals surface area contributed by atoms with Gasteiger partial charge in [0.15, 0.2) is 0 Å². The SMILES string of the molecule is Cc1cc(C=NNC(=O)CSCc2ccccc2)c(C)n1-c1cccc(Cl)c1Cl. The van der Waals surface area contributed by atoms with Gasteiger partial charge in [0.05, 0.1) is 27.7 Å². The van der Waals surface area contributed by atoms with E-state index in [1.165, 1.54) is 5.56 Å². The van der Waals surface area contributed by atoms with Crippen LogP contribution in [-0.4, -0.2) is 22.4 Å². The summed E-state index contributed by atoms with van der Waals surface area (Å²) in [5.41, 5.74) is 7.46. The van der Waals surface area contributed by atoms with Crippen LogP contribution < -0.4 is 5.43 Å². The van der Waals surface area contributed by atoms with E-state index in [0.717, 1.165) is 28.4 Å². The first-order valence-electron chi connectivity index (χ1n) is 9.04. The summed E-state index contributed by atoms with van der Waals surface area (Å²) >= 11 is 14.1. The summed E-state index contributed by atoms with van der Waals surface area (Å²) in [5.74, 6) is 1.01. The van der Waals surface area contributed by atoms with Crippen molar-refractivity contribution in [2.75, 3.05) is 5.75 Å². The van der Waals surface area contributed by atoms with Crippen molar-refractivity contribution >= 4 is 47.1 Å². The lowest BCUT2D eigenvalue weighted by Gasteiger charge is -2.12. The third-order valence-corrected chi connectivity index (χ3v) is 6.19. The Morgan fingerprint density at radius 2 is 1.90 bits per heavy atom. The maximum absolute atomic E-state index is 12.0. The number of halogens is 2. The largest absolute Gasteiger partial charge is 0.316 e. The second-order valence-electron chi connectivity index (χ2n) is 6.51. The van der Waals surface area contributed by atoms with Gasteiger partial charge in [0, 0.05) is 22.7 Å². The molecule has 0 unspecified atom stereocenters. The highest BCUT2D eigenvalue weighted by Crippen LogP contribution is 2.31. The smallest absolute Gasteiger partial charge is 0.250 e. The third-order valence-electron chi connectivity index (χ3n) is 4.38. The second-order valence-corrected chi connectivity index (χ2v) is 8.28. The van der Waals surface area contributed by atoms with Crippen molar-refractivity contribution in [3.63, 3.8) is 0 Å². The standard InChI is InChI=1S/C22H21Cl2N3OS/c1-15-11-18(16(2)27(15)20-10-6-9-19(23)22(20)24)12-25-26-21(28)14-29-13-17-7-4-3-5-8-17/h3-12H,13-14H2,1-2H3,(H,26,28). The molecule has 3 rings (SSSR count). The quantitative estimate of drug-likeness (QED) is 0.369. The summed E-state index contributed by atoms with van der Waals surface area (Å²) in [5, 5.41) is 5.12. The van der Waals surface area contributed by atoms with Crippen LogP contribution in [0.1, 0.15) is 22.5 Å². The molecule has 0 atom stereocenters. The number of benzene rings is 2. The van der Waals surface area contributed by atoms with Crippen molar-refractivity contribution in [2.24, 2.45) is 5.10 Å². The number of aromatic nitrogens is 1. The molecule has 2 aromatic carbocycles. The van der Waals surface area contributed by atoms with Crippen LogP contribution in [0.25, 0.3) is 5.69 Å². The first-order chi connectivity index (χ1) is 14.0. The Bertz CT molecular complexity index is 1030. The number of nitrogens with one attached hydrogen (secondary N) is 1. The van der Waals surface area contributed by atoms with Gasteiger partial charge >= 0.3 is 0 Å². The average Bonchev–Trinajstić information content (AvgIpc) is 2.98. The summed E-state index contributed by atoms with van der Waals surface area (Å²) in [4.78, 5) is 12.0. The molecule has 0 aliphatic rings. The molecule has 1 aromatic heterocycles. The minimum absolute atomic E-state index is 0.131. The van der Waals surface area contributed by atoms with E-state index < -0.39 is 0 Å². The van der Waals surface area contributed by atoms with Crippen LogP contribution in [0.4, 0.5) is 0 Å². The summed E-state index contributed by atoms with van der Waals surface area (Å²) in [6, 6.07) is 17.6. The molecule has 7 heteroatoms. The molecule has 0 fully saturated rings. The van der Waals surface area contributed by atoms with Crippen LogP contribution in [-0.2, 0) is 10.5 Å². The predicted octanol–water partition coefficient (Wildman–Crippen LogP) is 5.78. The Morgan fingerprint density at radius 3 is 2.66 bits per heavy atom. The number of amides is 1. The fourth-order valence-electron chi connectivity index (χ4n) is 3.00. The lowest BCUT2D eigenvalue weighted by molar-refractivity contribution is -0.118. The third kappa shape index (κ3) is 5.44. The highest BCUT2D eigenvalue weighted by Gasteiger charge is 2.13. The van der Waals surface area contributed by atoms with Gasteiger partial charge in [-0.25, -0.2) is 5.43 Å². The van der Waals surface area contributed by atoms with Crippen LogP contribution in [0.5, 0.6) is 0 Å². The Labute approximate surface area is 184 Å². The van der Waals surface area contributed by atoms with Crippen molar-refractivity contribution in [1.29, 1.82) is 0 Å². The normalized spacial score (nSPS) is 11.2. The molecule has 0 aliphatic carbocycles. The van der Waals surface area contributed by atoms with Crippen molar-refractivity contribution < 1.29 is 4.79 Å². The van der Waals surface area contributed by atoms with Gasteiger partial charge in [-0.1, -0.05) is 59.6 Å². The van der Waals surface area contributed by atoms with Gasteiger partial charge in [-0.2, -0.15) is 5.10 Å². The van der Waals surface area contributed by atoms with Gasteiger partial charge in [0.25, 0.3) is 0 Å². The molecule has 1 amide bonds. The molecule has 29 heavy (non-hydrogen) atoms. The molecule has 0 saturated carbocycles. The minimum atomic E-state index is -0.131. The van der Waals surface area contributed by atoms with Gasteiger partial charge in [-0.3, -0.25) is 4.79 Å². The fraction of sp³-hybridized carbons (Fsp3) is 0.182. The Balaban J connectivity index is 1.61. The predicted molar refractivity (Wildman–Crippen MR) is 124 cm³/mol. The van der Waals surface area contributed by atoms with E-state index in [4.69, 9.17) is 23.2 Å². The molecule has 1 N–H and O–H groups in total. The summed E-state index contributed by atoms with van der Waals surface area (Å²) < 4.78 is 2.02. The zero-order valence-electron chi connectivity index (χ0n) is 16.2. The minimum Gasteiger partial charge on any atom is -0.316 e. The van der Waals surface area contributed by atoms with Gasteiger partial charge in [0.1, 0.15) is 0 Å². The van der Waals surface area contributed by atoms with Gasteiger partial charge in [-0.05, 0) is 37.6 Å². The topological polar surface area (TPSA) is 46.4 Å². The number of thioether (sulfide) groups is 1. The van der Waals surface area contributed by atoms with E-state index in [0.29, 0.717) is 15.8 Å². The fourth-order valence-corrected chi connectivity index (χ4v) is 4.16. The van der Waals surface area contributed by atoms with Crippen molar-refractivity contribution in [3.05, 3.63) is 87.2 Å². The van der Waals surface area contributed by atoms with Gasteiger partial charge in [0.2, 0.25) is 5.91 Å². The number of hydrazone groups is 1. The van der Waals surface area contributed by atoms with E-state index in [2.05, 4.69) is 10.5 Å². The Kier molecular flexibility index (Phi) is 7.42. The number of carbonyl (C=O) groups is 1. The summed E-state index contributed by atoms with van der Waals surface area (Å²) in [6.45, 7) is 3.96. The lowest BCUT2D eigenvalue weighted by Crippen LogP contribution is -2.19. The van der Waals surface area contributed by atoms with Crippen molar-refractivity contribution in [1.82, 2.24) is 9.99 Å².